The first-order chi connectivity index (χ1) is 10.2. The highest BCUT2D eigenvalue weighted by atomic mass is 16.1. The van der Waals surface area contributed by atoms with Crippen LogP contribution in [-0.4, -0.2) is 32.4 Å². The number of aromatic amines is 1. The number of hydrogen-bond acceptors (Lipinski definition) is 4. The number of aromatic nitrogens is 4. The Hall–Kier alpha value is -2.76. The Morgan fingerprint density at radius 2 is 2.00 bits per heavy atom. The predicted octanol–water partition coefficient (Wildman–Crippen LogP) is 1.63. The minimum absolute atomic E-state index is 0.203. The molecule has 2 N–H and O–H groups in total. The minimum atomic E-state index is -0.203. The summed E-state index contributed by atoms with van der Waals surface area (Å²) in [6.45, 7) is 2.32. The van der Waals surface area contributed by atoms with Crippen LogP contribution < -0.4 is 5.32 Å². The van der Waals surface area contributed by atoms with Gasteiger partial charge in [-0.25, -0.2) is 15.0 Å². The molecule has 1 aromatic carbocycles. The molecule has 0 aliphatic rings. The number of imidazole rings is 1. The summed E-state index contributed by atoms with van der Waals surface area (Å²) >= 11 is 0. The van der Waals surface area contributed by atoms with Crippen molar-refractivity contribution in [3.05, 3.63) is 53.9 Å². The molecule has 0 radical (unpaired) electrons. The maximum Gasteiger partial charge on any atom is 0.271 e. The Morgan fingerprint density at radius 1 is 1.24 bits per heavy atom. The molecule has 1 amide bonds. The maximum absolute atomic E-state index is 12.2. The van der Waals surface area contributed by atoms with Crippen molar-refractivity contribution in [1.29, 1.82) is 0 Å². The molecular weight excluding hydrogens is 266 g/mol. The zero-order chi connectivity index (χ0) is 14.7. The summed E-state index contributed by atoms with van der Waals surface area (Å²) in [5, 5.41) is 2.85. The van der Waals surface area contributed by atoms with Gasteiger partial charge < -0.3 is 10.3 Å². The monoisotopic (exact) mass is 281 g/mol. The summed E-state index contributed by atoms with van der Waals surface area (Å²) < 4.78 is 0. The number of fused-ring (bicyclic) bond motifs is 1. The lowest BCUT2D eigenvalue weighted by atomic mass is 10.2. The molecule has 3 aromatic rings. The molecule has 2 heterocycles. The number of hydrogen-bond donors (Lipinski definition) is 2. The van der Waals surface area contributed by atoms with Crippen LogP contribution in [-0.2, 0) is 6.42 Å². The van der Waals surface area contributed by atoms with Gasteiger partial charge in [-0.15, -0.1) is 0 Å². The molecule has 0 unspecified atom stereocenters. The number of carbonyl (C=O) groups is 1. The van der Waals surface area contributed by atoms with Crippen molar-refractivity contribution in [2.24, 2.45) is 0 Å². The maximum atomic E-state index is 12.2. The van der Waals surface area contributed by atoms with E-state index in [1.165, 1.54) is 0 Å². The number of aryl methyl sites for hydroxylation is 1. The molecule has 0 aliphatic heterocycles. The molecule has 0 atom stereocenters. The fourth-order valence-electron chi connectivity index (χ4n) is 2.12. The van der Waals surface area contributed by atoms with Crippen molar-refractivity contribution in [3.63, 3.8) is 0 Å². The van der Waals surface area contributed by atoms with Gasteiger partial charge in [-0.3, -0.25) is 4.79 Å². The first kappa shape index (κ1) is 13.2. The van der Waals surface area contributed by atoms with Gasteiger partial charge in [0.25, 0.3) is 5.91 Å². The van der Waals surface area contributed by atoms with Crippen LogP contribution in [0.4, 0.5) is 0 Å². The van der Waals surface area contributed by atoms with Crippen LogP contribution in [0.1, 0.15) is 21.9 Å². The Balaban J connectivity index is 1.73. The van der Waals surface area contributed by atoms with Gasteiger partial charge in [0.2, 0.25) is 0 Å². The van der Waals surface area contributed by atoms with Crippen LogP contribution in [0, 0.1) is 6.92 Å². The van der Waals surface area contributed by atoms with Gasteiger partial charge in [-0.05, 0) is 19.1 Å². The first-order valence-corrected chi connectivity index (χ1v) is 6.73. The number of rotatable bonds is 4. The summed E-state index contributed by atoms with van der Waals surface area (Å²) in [6, 6.07) is 7.52. The second kappa shape index (κ2) is 5.70. The third-order valence-electron chi connectivity index (χ3n) is 3.19. The molecule has 6 nitrogen and oxygen atoms in total. The normalized spacial score (nSPS) is 10.7. The van der Waals surface area contributed by atoms with Crippen LogP contribution in [0.3, 0.4) is 0 Å². The molecule has 6 heteroatoms. The fraction of sp³-hybridized carbons (Fsp3) is 0.200. The summed E-state index contributed by atoms with van der Waals surface area (Å²) in [4.78, 5) is 27.9. The van der Waals surface area contributed by atoms with E-state index in [0.717, 1.165) is 16.7 Å². The van der Waals surface area contributed by atoms with Crippen molar-refractivity contribution < 1.29 is 4.79 Å². The Kier molecular flexibility index (Phi) is 3.59. The van der Waals surface area contributed by atoms with Gasteiger partial charge in [0.15, 0.2) is 0 Å². The lowest BCUT2D eigenvalue weighted by Crippen LogP contribution is -2.27. The average molecular weight is 281 g/mol. The Morgan fingerprint density at radius 3 is 2.71 bits per heavy atom. The molecule has 0 spiro atoms. The summed E-state index contributed by atoms with van der Waals surface area (Å²) in [7, 11) is 0. The molecule has 3 rings (SSSR count). The third-order valence-corrected chi connectivity index (χ3v) is 3.19. The number of nitrogens with zero attached hydrogens (tertiary/aromatic N) is 3. The van der Waals surface area contributed by atoms with Gasteiger partial charge >= 0.3 is 0 Å². The van der Waals surface area contributed by atoms with Crippen LogP contribution >= 0.6 is 0 Å². The first-order valence-electron chi connectivity index (χ1n) is 6.73. The fourth-order valence-corrected chi connectivity index (χ4v) is 2.12. The van der Waals surface area contributed by atoms with Crippen LogP contribution in [0.25, 0.3) is 11.0 Å². The molecule has 0 saturated heterocycles. The quantitative estimate of drug-likeness (QED) is 0.761. The van der Waals surface area contributed by atoms with Gasteiger partial charge in [0.1, 0.15) is 5.69 Å². The van der Waals surface area contributed by atoms with E-state index in [1.807, 2.05) is 24.3 Å². The van der Waals surface area contributed by atoms with E-state index < -0.39 is 0 Å². The van der Waals surface area contributed by atoms with Crippen LogP contribution in [0.2, 0.25) is 0 Å². The topological polar surface area (TPSA) is 83.6 Å². The van der Waals surface area contributed by atoms with E-state index in [4.69, 9.17) is 0 Å². The molecule has 2 aromatic heterocycles. The van der Waals surface area contributed by atoms with E-state index in [0.29, 0.717) is 24.4 Å². The van der Waals surface area contributed by atoms with Gasteiger partial charge in [-0.2, -0.15) is 0 Å². The second-order valence-corrected chi connectivity index (χ2v) is 4.73. The molecule has 0 bridgehead atoms. The Bertz CT molecular complexity index is 767. The summed E-state index contributed by atoms with van der Waals surface area (Å²) in [5.74, 6) is -0.203. The molecular formula is C15H15N5O. The molecule has 0 fully saturated rings. The van der Waals surface area contributed by atoms with Gasteiger partial charge in [0, 0.05) is 24.9 Å². The smallest absolute Gasteiger partial charge is 0.271 e. The summed E-state index contributed by atoms with van der Waals surface area (Å²) in [6.07, 6.45) is 4.06. The number of H-pyrrole nitrogens is 1. The lowest BCUT2D eigenvalue weighted by molar-refractivity contribution is 0.0948. The summed E-state index contributed by atoms with van der Waals surface area (Å²) in [5.41, 5.74) is 3.51. The molecule has 0 aliphatic carbocycles. The van der Waals surface area contributed by atoms with Crippen molar-refractivity contribution >= 4 is 16.9 Å². The van der Waals surface area contributed by atoms with E-state index in [9.17, 15) is 4.79 Å². The average Bonchev–Trinajstić information content (AvgIpc) is 2.99. The lowest BCUT2D eigenvalue weighted by Gasteiger charge is -2.07. The van der Waals surface area contributed by atoms with Crippen LogP contribution in [0.15, 0.2) is 36.8 Å². The molecule has 106 valence electrons. The van der Waals surface area contributed by atoms with Crippen molar-refractivity contribution in [2.45, 2.75) is 13.3 Å². The van der Waals surface area contributed by atoms with E-state index in [2.05, 4.69) is 25.3 Å². The number of carbonyl (C=O) groups excluding carboxylic acids is 1. The predicted molar refractivity (Wildman–Crippen MR) is 78.9 cm³/mol. The number of benzene rings is 1. The van der Waals surface area contributed by atoms with Gasteiger partial charge in [-0.1, -0.05) is 12.1 Å². The van der Waals surface area contributed by atoms with Crippen molar-refractivity contribution in [3.8, 4) is 0 Å². The zero-order valence-corrected chi connectivity index (χ0v) is 11.6. The number of para-hydroxylation sites is 2. The molecule has 0 saturated carbocycles. The SMILES string of the molecule is Cc1nc2ccccc2nc1C(=O)NCCc1cnc[nH]1. The standard InChI is InChI=1S/C15H15N5O/c1-10-14(20-13-5-3-2-4-12(13)19-10)15(21)17-7-6-11-8-16-9-18-11/h2-5,8-9H,6-7H2,1H3,(H,16,18)(H,17,21). The zero-order valence-electron chi connectivity index (χ0n) is 11.6. The van der Waals surface area contributed by atoms with E-state index in [-0.39, 0.29) is 5.91 Å². The number of nitrogens with one attached hydrogen (secondary N) is 2. The van der Waals surface area contributed by atoms with Crippen molar-refractivity contribution in [1.82, 2.24) is 25.3 Å². The highest BCUT2D eigenvalue weighted by Gasteiger charge is 2.13. The van der Waals surface area contributed by atoms with E-state index in [1.54, 1.807) is 19.4 Å². The second-order valence-electron chi connectivity index (χ2n) is 4.73. The number of amides is 1. The van der Waals surface area contributed by atoms with E-state index >= 15 is 0 Å². The Labute approximate surface area is 121 Å². The third kappa shape index (κ3) is 2.89. The van der Waals surface area contributed by atoms with Crippen molar-refractivity contribution in [2.75, 3.05) is 6.54 Å². The largest absolute Gasteiger partial charge is 0.350 e. The highest BCUT2D eigenvalue weighted by molar-refractivity contribution is 5.95. The van der Waals surface area contributed by atoms with Gasteiger partial charge in [0.05, 0.1) is 23.1 Å². The van der Waals surface area contributed by atoms with Crippen LogP contribution in [0.5, 0.6) is 0 Å². The highest BCUT2D eigenvalue weighted by Crippen LogP contribution is 2.12. The molecule has 21 heavy (non-hydrogen) atoms. The minimum Gasteiger partial charge on any atom is -0.350 e.